The van der Waals surface area contributed by atoms with Crippen LogP contribution >= 0.6 is 23.1 Å². The minimum atomic E-state index is -0.117. The van der Waals surface area contributed by atoms with E-state index in [-0.39, 0.29) is 12.5 Å². The number of rotatable bonds is 8. The van der Waals surface area contributed by atoms with Crippen LogP contribution in [0.1, 0.15) is 16.1 Å². The molecular weight excluding hydrogens is 298 g/mol. The molecule has 0 radical (unpaired) electrons. The summed E-state index contributed by atoms with van der Waals surface area (Å²) in [5, 5.41) is 24.3. The van der Waals surface area contributed by atoms with Crippen LogP contribution in [-0.2, 0) is 0 Å². The molecule has 0 bridgehead atoms. The van der Waals surface area contributed by atoms with E-state index in [9.17, 15) is 4.79 Å². The summed E-state index contributed by atoms with van der Waals surface area (Å²) in [5.41, 5.74) is 0.686. The molecule has 9 heteroatoms. The van der Waals surface area contributed by atoms with Crippen molar-refractivity contribution in [3.63, 3.8) is 0 Å². The highest BCUT2D eigenvalue weighted by Gasteiger charge is 2.14. The first-order chi connectivity index (χ1) is 9.83. The highest BCUT2D eigenvalue weighted by Crippen LogP contribution is 2.19. The number of thioether (sulfide) groups is 1. The number of amides is 1. The lowest BCUT2D eigenvalue weighted by Crippen LogP contribution is -2.26. The second-order valence-electron chi connectivity index (χ2n) is 3.83. The van der Waals surface area contributed by atoms with Gasteiger partial charge in [0.25, 0.3) is 5.91 Å². The number of nitrogens with one attached hydrogen (secondary N) is 1. The summed E-state index contributed by atoms with van der Waals surface area (Å²) in [6.07, 6.45) is 2.25. The van der Waals surface area contributed by atoms with E-state index < -0.39 is 0 Å². The number of hydrogen-bond donors (Lipinski definition) is 2. The summed E-state index contributed by atoms with van der Waals surface area (Å²) < 4.78 is 1.47. The van der Waals surface area contributed by atoms with Crippen molar-refractivity contribution in [1.29, 1.82) is 0 Å². The van der Waals surface area contributed by atoms with E-state index >= 15 is 0 Å². The SMILES string of the molecule is O=C(NCCSCCCO)c1sccc1-n1cnnn1. The Balaban J connectivity index is 1.83. The molecule has 2 N–H and O–H groups in total. The number of hydrogen-bond acceptors (Lipinski definition) is 7. The summed E-state index contributed by atoms with van der Waals surface area (Å²) >= 11 is 3.07. The molecule has 1 amide bonds. The summed E-state index contributed by atoms with van der Waals surface area (Å²) in [7, 11) is 0. The van der Waals surface area contributed by atoms with Gasteiger partial charge in [-0.1, -0.05) is 0 Å². The average Bonchev–Trinajstić information content (AvgIpc) is 3.11. The third-order valence-corrected chi connectivity index (χ3v) is 4.40. The lowest BCUT2D eigenvalue weighted by atomic mass is 10.3. The van der Waals surface area contributed by atoms with Gasteiger partial charge in [0.1, 0.15) is 11.2 Å². The number of tetrazole rings is 1. The van der Waals surface area contributed by atoms with Crippen LogP contribution in [0.2, 0.25) is 0 Å². The van der Waals surface area contributed by atoms with Gasteiger partial charge in [-0.3, -0.25) is 4.79 Å². The summed E-state index contributed by atoms with van der Waals surface area (Å²) in [4.78, 5) is 12.7. The molecular formula is C11H15N5O2S2. The van der Waals surface area contributed by atoms with Crippen LogP contribution in [0.5, 0.6) is 0 Å². The molecule has 0 aromatic carbocycles. The van der Waals surface area contributed by atoms with Crippen LogP contribution in [-0.4, -0.2) is 55.9 Å². The van der Waals surface area contributed by atoms with Crippen molar-refractivity contribution in [2.45, 2.75) is 6.42 Å². The fourth-order valence-electron chi connectivity index (χ4n) is 1.51. The van der Waals surface area contributed by atoms with E-state index in [2.05, 4.69) is 20.8 Å². The quantitative estimate of drug-likeness (QED) is 0.692. The molecule has 0 saturated carbocycles. The fraction of sp³-hybridized carbons (Fsp3) is 0.455. The Morgan fingerprint density at radius 2 is 2.40 bits per heavy atom. The van der Waals surface area contributed by atoms with Crippen molar-refractivity contribution in [3.05, 3.63) is 22.7 Å². The Morgan fingerprint density at radius 3 is 3.15 bits per heavy atom. The van der Waals surface area contributed by atoms with Crippen LogP contribution in [0.15, 0.2) is 17.8 Å². The van der Waals surface area contributed by atoms with Crippen molar-refractivity contribution < 1.29 is 9.90 Å². The molecule has 0 saturated heterocycles. The molecule has 0 aliphatic carbocycles. The van der Waals surface area contributed by atoms with Gasteiger partial charge in [0.2, 0.25) is 0 Å². The summed E-state index contributed by atoms with van der Waals surface area (Å²) in [6.45, 7) is 0.811. The summed E-state index contributed by atoms with van der Waals surface area (Å²) in [5.74, 6) is 1.62. The predicted molar refractivity (Wildman–Crippen MR) is 78.4 cm³/mol. The Labute approximate surface area is 124 Å². The van der Waals surface area contributed by atoms with Crippen LogP contribution in [0, 0.1) is 0 Å². The zero-order chi connectivity index (χ0) is 14.2. The van der Waals surface area contributed by atoms with E-state index in [1.807, 2.05) is 11.4 Å². The van der Waals surface area contributed by atoms with Gasteiger partial charge >= 0.3 is 0 Å². The minimum Gasteiger partial charge on any atom is -0.396 e. The van der Waals surface area contributed by atoms with Crippen molar-refractivity contribution >= 4 is 29.0 Å². The molecule has 7 nitrogen and oxygen atoms in total. The van der Waals surface area contributed by atoms with Gasteiger partial charge in [-0.15, -0.1) is 16.4 Å². The second kappa shape index (κ2) is 7.98. The molecule has 0 atom stereocenters. The van der Waals surface area contributed by atoms with Gasteiger partial charge in [-0.25, -0.2) is 0 Å². The zero-order valence-corrected chi connectivity index (χ0v) is 12.4. The molecule has 0 aliphatic heterocycles. The van der Waals surface area contributed by atoms with Gasteiger partial charge in [0.15, 0.2) is 0 Å². The van der Waals surface area contributed by atoms with Crippen LogP contribution < -0.4 is 5.32 Å². The van der Waals surface area contributed by atoms with Crippen LogP contribution in [0.3, 0.4) is 0 Å². The molecule has 2 heterocycles. The maximum atomic E-state index is 12.1. The van der Waals surface area contributed by atoms with E-state index in [0.717, 1.165) is 17.9 Å². The Morgan fingerprint density at radius 1 is 1.50 bits per heavy atom. The second-order valence-corrected chi connectivity index (χ2v) is 5.98. The number of aromatic nitrogens is 4. The first-order valence-electron chi connectivity index (χ1n) is 6.10. The highest BCUT2D eigenvalue weighted by atomic mass is 32.2. The van der Waals surface area contributed by atoms with Crippen molar-refractivity contribution in [2.24, 2.45) is 0 Å². The van der Waals surface area contributed by atoms with Crippen LogP contribution in [0.25, 0.3) is 5.69 Å². The normalized spacial score (nSPS) is 10.7. The molecule has 0 aliphatic rings. The number of nitrogens with zero attached hydrogens (tertiary/aromatic N) is 4. The number of carbonyl (C=O) groups is 1. The van der Waals surface area contributed by atoms with Gasteiger partial charge in [0, 0.05) is 18.9 Å². The van der Waals surface area contributed by atoms with E-state index in [1.54, 1.807) is 11.8 Å². The topological polar surface area (TPSA) is 92.9 Å². The van der Waals surface area contributed by atoms with Gasteiger partial charge in [0.05, 0.1) is 5.69 Å². The van der Waals surface area contributed by atoms with Crippen LogP contribution in [0.4, 0.5) is 0 Å². The fourth-order valence-corrected chi connectivity index (χ4v) is 3.09. The molecule has 0 fully saturated rings. The number of aliphatic hydroxyl groups is 1. The van der Waals surface area contributed by atoms with Gasteiger partial charge in [-0.2, -0.15) is 16.4 Å². The maximum absolute atomic E-state index is 12.1. The molecule has 2 aromatic heterocycles. The molecule has 2 aromatic rings. The maximum Gasteiger partial charge on any atom is 0.263 e. The monoisotopic (exact) mass is 313 g/mol. The summed E-state index contributed by atoms with van der Waals surface area (Å²) in [6, 6.07) is 1.81. The van der Waals surface area contributed by atoms with Gasteiger partial charge in [-0.05, 0) is 34.0 Å². The lowest BCUT2D eigenvalue weighted by Gasteiger charge is -2.05. The Hall–Kier alpha value is -1.45. The van der Waals surface area contributed by atoms with E-state index in [0.29, 0.717) is 17.1 Å². The highest BCUT2D eigenvalue weighted by molar-refractivity contribution is 7.99. The standard InChI is InChI=1S/C11H15N5O2S2/c17-4-1-5-19-7-3-12-11(18)10-9(2-6-20-10)16-8-13-14-15-16/h2,6,8,17H,1,3-5,7H2,(H,12,18). The largest absolute Gasteiger partial charge is 0.396 e. The molecule has 108 valence electrons. The molecule has 2 rings (SSSR count). The lowest BCUT2D eigenvalue weighted by molar-refractivity contribution is 0.0960. The third-order valence-electron chi connectivity index (χ3n) is 2.43. The zero-order valence-electron chi connectivity index (χ0n) is 10.7. The first kappa shape index (κ1) is 14.9. The minimum absolute atomic E-state index is 0.117. The Kier molecular flexibility index (Phi) is 5.96. The van der Waals surface area contributed by atoms with E-state index in [1.165, 1.54) is 22.3 Å². The van der Waals surface area contributed by atoms with E-state index in [4.69, 9.17) is 5.11 Å². The molecule has 20 heavy (non-hydrogen) atoms. The predicted octanol–water partition coefficient (Wildman–Crippen LogP) is 0.569. The number of carbonyl (C=O) groups excluding carboxylic acids is 1. The van der Waals surface area contributed by atoms with Crippen molar-refractivity contribution in [3.8, 4) is 5.69 Å². The number of aliphatic hydroxyl groups excluding tert-OH is 1. The smallest absolute Gasteiger partial charge is 0.263 e. The van der Waals surface area contributed by atoms with Gasteiger partial charge < -0.3 is 10.4 Å². The average molecular weight is 313 g/mol. The molecule has 0 unspecified atom stereocenters. The first-order valence-corrected chi connectivity index (χ1v) is 8.14. The van der Waals surface area contributed by atoms with Crippen molar-refractivity contribution in [1.82, 2.24) is 25.5 Å². The Bertz CT molecular complexity index is 529. The van der Waals surface area contributed by atoms with Crippen molar-refractivity contribution in [2.75, 3.05) is 24.7 Å². The molecule has 0 spiro atoms. The number of thiophene rings is 1. The third kappa shape index (κ3) is 4.02.